The van der Waals surface area contributed by atoms with E-state index in [4.69, 9.17) is 5.11 Å². The van der Waals surface area contributed by atoms with Crippen LogP contribution in [0.15, 0.2) is 11.4 Å². The predicted octanol–water partition coefficient (Wildman–Crippen LogP) is 2.11. The molecule has 3 nitrogen and oxygen atoms in total. The second-order valence-electron chi connectivity index (χ2n) is 4.51. The number of nitrogens with zero attached hydrogens (tertiary/aromatic N) is 1. The van der Waals surface area contributed by atoms with Crippen molar-refractivity contribution in [3.8, 4) is 11.8 Å². The summed E-state index contributed by atoms with van der Waals surface area (Å²) in [5.74, 6) is 5.50. The van der Waals surface area contributed by atoms with Gasteiger partial charge in [-0.25, -0.2) is 0 Å². The summed E-state index contributed by atoms with van der Waals surface area (Å²) in [5, 5.41) is 10.5. The molecule has 4 heteroatoms. The van der Waals surface area contributed by atoms with Crippen LogP contribution in [0.2, 0.25) is 0 Å². The number of aliphatic hydroxyl groups is 1. The molecule has 1 N–H and O–H groups in total. The van der Waals surface area contributed by atoms with Gasteiger partial charge in [-0.05, 0) is 18.9 Å². The molecular weight excluding hydrogens is 246 g/mol. The van der Waals surface area contributed by atoms with Gasteiger partial charge in [-0.2, -0.15) is 0 Å². The average molecular weight is 263 g/mol. The fourth-order valence-electron chi connectivity index (χ4n) is 2.30. The van der Waals surface area contributed by atoms with Crippen molar-refractivity contribution in [1.82, 2.24) is 4.90 Å². The van der Waals surface area contributed by atoms with Crippen molar-refractivity contribution >= 4 is 17.2 Å². The summed E-state index contributed by atoms with van der Waals surface area (Å²) in [4.78, 5) is 14.9. The molecule has 0 bridgehead atoms. The molecular formula is C14H17NO2S. The zero-order valence-corrected chi connectivity index (χ0v) is 11.3. The molecule has 1 heterocycles. The highest BCUT2D eigenvalue weighted by Gasteiger charge is 2.24. The van der Waals surface area contributed by atoms with Gasteiger partial charge >= 0.3 is 0 Å². The van der Waals surface area contributed by atoms with Crippen molar-refractivity contribution in [3.63, 3.8) is 0 Å². The van der Waals surface area contributed by atoms with E-state index in [0.717, 1.165) is 17.7 Å². The largest absolute Gasteiger partial charge is 0.384 e. The van der Waals surface area contributed by atoms with Gasteiger partial charge < -0.3 is 10.0 Å². The van der Waals surface area contributed by atoms with Crippen molar-refractivity contribution in [2.75, 3.05) is 13.7 Å². The highest BCUT2D eigenvalue weighted by molar-refractivity contribution is 7.10. The first-order chi connectivity index (χ1) is 8.72. The van der Waals surface area contributed by atoms with Crippen molar-refractivity contribution in [3.05, 3.63) is 21.9 Å². The van der Waals surface area contributed by atoms with Crippen LogP contribution in [0.25, 0.3) is 0 Å². The Kier molecular flexibility index (Phi) is 4.40. The Morgan fingerprint density at radius 2 is 2.28 bits per heavy atom. The Morgan fingerprint density at radius 1 is 1.56 bits per heavy atom. The van der Waals surface area contributed by atoms with Gasteiger partial charge in [0.05, 0.1) is 10.4 Å². The zero-order valence-electron chi connectivity index (χ0n) is 10.5. The van der Waals surface area contributed by atoms with Crippen molar-refractivity contribution in [2.45, 2.75) is 31.7 Å². The molecule has 0 atom stereocenters. The van der Waals surface area contributed by atoms with E-state index in [1.54, 1.807) is 6.07 Å². The standard InChI is InChI=1S/C14H17NO2S/c1-15(12-5-2-3-6-12)14(17)11-9-13(18-10-11)7-4-8-16/h9-10,12,16H,2-3,5-6,8H2,1H3. The first-order valence-electron chi connectivity index (χ1n) is 6.18. The smallest absolute Gasteiger partial charge is 0.254 e. The first-order valence-corrected chi connectivity index (χ1v) is 7.05. The quantitative estimate of drug-likeness (QED) is 0.830. The number of amides is 1. The lowest BCUT2D eigenvalue weighted by Gasteiger charge is -2.23. The van der Waals surface area contributed by atoms with E-state index in [0.29, 0.717) is 11.6 Å². The summed E-state index contributed by atoms with van der Waals surface area (Å²) in [5.41, 5.74) is 0.705. The molecule has 0 saturated heterocycles. The number of aliphatic hydroxyl groups excluding tert-OH is 1. The van der Waals surface area contributed by atoms with E-state index in [1.165, 1.54) is 24.2 Å². The van der Waals surface area contributed by atoms with Crippen molar-refractivity contribution in [1.29, 1.82) is 0 Å². The van der Waals surface area contributed by atoms with Crippen LogP contribution in [0.4, 0.5) is 0 Å². The molecule has 0 radical (unpaired) electrons. The maximum Gasteiger partial charge on any atom is 0.254 e. The molecule has 1 saturated carbocycles. The summed E-state index contributed by atoms with van der Waals surface area (Å²) in [6.45, 7) is -0.150. The third-order valence-electron chi connectivity index (χ3n) is 3.33. The fourth-order valence-corrected chi connectivity index (χ4v) is 3.05. The maximum atomic E-state index is 12.3. The van der Waals surface area contributed by atoms with Gasteiger partial charge in [0.15, 0.2) is 0 Å². The summed E-state index contributed by atoms with van der Waals surface area (Å²) < 4.78 is 0. The van der Waals surface area contributed by atoms with Crippen LogP contribution in [0.5, 0.6) is 0 Å². The van der Waals surface area contributed by atoms with Gasteiger partial charge in [-0.15, -0.1) is 11.3 Å². The highest BCUT2D eigenvalue weighted by Crippen LogP contribution is 2.24. The lowest BCUT2D eigenvalue weighted by Crippen LogP contribution is -2.34. The van der Waals surface area contributed by atoms with Gasteiger partial charge in [0.25, 0.3) is 5.91 Å². The van der Waals surface area contributed by atoms with Crippen molar-refractivity contribution < 1.29 is 9.90 Å². The van der Waals surface area contributed by atoms with Gasteiger partial charge in [-0.3, -0.25) is 4.79 Å². The second-order valence-corrected chi connectivity index (χ2v) is 5.43. The van der Waals surface area contributed by atoms with E-state index in [2.05, 4.69) is 11.8 Å². The molecule has 1 fully saturated rings. The van der Waals surface area contributed by atoms with E-state index >= 15 is 0 Å². The molecule has 0 aromatic carbocycles. The van der Waals surface area contributed by atoms with Gasteiger partial charge in [-0.1, -0.05) is 24.7 Å². The molecule has 1 amide bonds. The predicted molar refractivity (Wildman–Crippen MR) is 72.6 cm³/mol. The Labute approximate surface area is 111 Å². The molecule has 18 heavy (non-hydrogen) atoms. The van der Waals surface area contributed by atoms with Crippen LogP contribution >= 0.6 is 11.3 Å². The fraction of sp³-hybridized carbons (Fsp3) is 0.500. The van der Waals surface area contributed by atoms with E-state index in [-0.39, 0.29) is 12.5 Å². The highest BCUT2D eigenvalue weighted by atomic mass is 32.1. The van der Waals surface area contributed by atoms with E-state index in [9.17, 15) is 4.79 Å². The second kappa shape index (κ2) is 6.03. The van der Waals surface area contributed by atoms with Crippen LogP contribution in [0.1, 0.15) is 40.9 Å². The molecule has 1 aliphatic rings. The van der Waals surface area contributed by atoms with Crippen LogP contribution in [0, 0.1) is 11.8 Å². The minimum Gasteiger partial charge on any atom is -0.384 e. The number of rotatable bonds is 2. The number of carbonyl (C=O) groups is 1. The minimum absolute atomic E-state index is 0.0789. The van der Waals surface area contributed by atoms with Crippen LogP contribution < -0.4 is 0 Å². The summed E-state index contributed by atoms with van der Waals surface area (Å²) in [6, 6.07) is 2.20. The SMILES string of the molecule is CN(C(=O)c1csc(C#CCO)c1)C1CCCC1. The Balaban J connectivity index is 2.06. The minimum atomic E-state index is -0.150. The van der Waals surface area contributed by atoms with E-state index in [1.807, 2.05) is 17.3 Å². The Morgan fingerprint density at radius 3 is 2.94 bits per heavy atom. The lowest BCUT2D eigenvalue weighted by atomic mass is 10.2. The first kappa shape index (κ1) is 13.1. The Hall–Kier alpha value is -1.31. The molecule has 1 aromatic heterocycles. The summed E-state index contributed by atoms with van der Waals surface area (Å²) in [6.07, 6.45) is 4.67. The molecule has 96 valence electrons. The Bertz CT molecular complexity index is 477. The molecule has 0 spiro atoms. The molecule has 1 aromatic rings. The van der Waals surface area contributed by atoms with Crippen LogP contribution in [-0.4, -0.2) is 35.6 Å². The number of thiophene rings is 1. The molecule has 0 aliphatic heterocycles. The van der Waals surface area contributed by atoms with Gasteiger partial charge in [0.1, 0.15) is 6.61 Å². The third kappa shape index (κ3) is 2.92. The summed E-state index contributed by atoms with van der Waals surface area (Å²) in [7, 11) is 1.88. The van der Waals surface area contributed by atoms with Crippen molar-refractivity contribution in [2.24, 2.45) is 0 Å². The normalized spacial score (nSPS) is 15.2. The van der Waals surface area contributed by atoms with E-state index < -0.39 is 0 Å². The zero-order chi connectivity index (χ0) is 13.0. The topological polar surface area (TPSA) is 40.5 Å². The van der Waals surface area contributed by atoms with Gasteiger partial charge in [0.2, 0.25) is 0 Å². The molecule has 1 aliphatic carbocycles. The number of hydrogen-bond acceptors (Lipinski definition) is 3. The monoisotopic (exact) mass is 263 g/mol. The van der Waals surface area contributed by atoms with Gasteiger partial charge in [0, 0.05) is 18.5 Å². The number of hydrogen-bond donors (Lipinski definition) is 1. The van der Waals surface area contributed by atoms with Crippen LogP contribution in [-0.2, 0) is 0 Å². The lowest BCUT2D eigenvalue weighted by molar-refractivity contribution is 0.0735. The maximum absolute atomic E-state index is 12.3. The molecule has 2 rings (SSSR count). The third-order valence-corrected chi connectivity index (χ3v) is 4.18. The van der Waals surface area contributed by atoms with Crippen LogP contribution in [0.3, 0.4) is 0 Å². The number of carbonyl (C=O) groups excluding carboxylic acids is 1. The molecule has 0 unspecified atom stereocenters. The average Bonchev–Trinajstić information content (AvgIpc) is 3.05. The summed E-state index contributed by atoms with van der Waals surface area (Å²) >= 11 is 1.45.